The van der Waals surface area contributed by atoms with Crippen molar-refractivity contribution in [3.05, 3.63) is 62.4 Å². The minimum atomic E-state index is -0.594. The van der Waals surface area contributed by atoms with E-state index in [2.05, 4.69) is 10.3 Å². The molecule has 1 aromatic heterocycles. The summed E-state index contributed by atoms with van der Waals surface area (Å²) in [6.07, 6.45) is 1.52. The molecule has 0 bridgehead atoms. The van der Waals surface area contributed by atoms with E-state index in [0.29, 0.717) is 5.69 Å². The van der Waals surface area contributed by atoms with E-state index < -0.39 is 10.8 Å². The van der Waals surface area contributed by atoms with Crippen molar-refractivity contribution in [2.45, 2.75) is 13.8 Å². The maximum Gasteiger partial charge on any atom is 0.282 e. The molecule has 0 saturated carbocycles. The van der Waals surface area contributed by atoms with Crippen LogP contribution in [0.3, 0.4) is 0 Å². The lowest BCUT2D eigenvalue weighted by molar-refractivity contribution is -0.385. The Balaban J connectivity index is 2.41. The summed E-state index contributed by atoms with van der Waals surface area (Å²) in [5, 5.41) is 13.7. The zero-order chi connectivity index (χ0) is 15.6. The number of nitro groups is 1. The van der Waals surface area contributed by atoms with Crippen LogP contribution < -0.4 is 5.32 Å². The molecule has 0 aliphatic carbocycles. The highest BCUT2D eigenvalue weighted by molar-refractivity contribution is 6.33. The predicted molar refractivity (Wildman–Crippen MR) is 79.8 cm³/mol. The maximum atomic E-state index is 12.3. The van der Waals surface area contributed by atoms with Gasteiger partial charge in [-0.15, -0.1) is 0 Å². The number of hydrogen-bond acceptors (Lipinski definition) is 4. The third-order valence-electron chi connectivity index (χ3n) is 2.94. The highest BCUT2D eigenvalue weighted by Gasteiger charge is 2.21. The average molecular weight is 306 g/mol. The van der Waals surface area contributed by atoms with E-state index in [9.17, 15) is 14.9 Å². The van der Waals surface area contributed by atoms with Gasteiger partial charge in [0.05, 0.1) is 10.6 Å². The second kappa shape index (κ2) is 5.88. The molecule has 108 valence electrons. The lowest BCUT2D eigenvalue weighted by Crippen LogP contribution is -2.15. The number of benzene rings is 1. The first-order valence-electron chi connectivity index (χ1n) is 6.07. The molecule has 0 saturated heterocycles. The lowest BCUT2D eigenvalue weighted by Gasteiger charge is -2.10. The fourth-order valence-electron chi connectivity index (χ4n) is 1.85. The molecule has 1 N–H and O–H groups in total. The van der Waals surface area contributed by atoms with Crippen LogP contribution in [-0.4, -0.2) is 15.8 Å². The fraction of sp³-hybridized carbons (Fsp3) is 0.143. The number of carbonyl (C=O) groups excluding carboxylic acids is 1. The summed E-state index contributed by atoms with van der Waals surface area (Å²) in [5.41, 5.74) is 1.55. The van der Waals surface area contributed by atoms with Crippen molar-refractivity contribution in [2.75, 3.05) is 5.32 Å². The van der Waals surface area contributed by atoms with Crippen molar-refractivity contribution < 1.29 is 9.72 Å². The number of nitrogens with one attached hydrogen (secondary N) is 1. The van der Waals surface area contributed by atoms with Gasteiger partial charge in [-0.25, -0.2) is 4.98 Å². The number of anilines is 1. The van der Waals surface area contributed by atoms with Gasteiger partial charge in [0.15, 0.2) is 5.15 Å². The van der Waals surface area contributed by atoms with E-state index in [1.165, 1.54) is 18.3 Å². The Kier molecular flexibility index (Phi) is 4.18. The fourth-order valence-corrected chi connectivity index (χ4v) is 2.10. The van der Waals surface area contributed by atoms with Gasteiger partial charge in [0.1, 0.15) is 5.56 Å². The number of halogens is 1. The number of hydrogen-bond donors (Lipinski definition) is 1. The van der Waals surface area contributed by atoms with Crippen LogP contribution in [-0.2, 0) is 0 Å². The third kappa shape index (κ3) is 3.17. The standard InChI is InChI=1S/C14H12ClN3O3/c1-8-3-4-11(18(20)21)10(7-8)14(19)17-12-9(2)5-6-16-13(12)15/h3-7H,1-2H3,(H,17,19). The number of nitrogens with zero attached hydrogens (tertiary/aromatic N) is 2. The summed E-state index contributed by atoms with van der Waals surface area (Å²) < 4.78 is 0. The van der Waals surface area contributed by atoms with E-state index >= 15 is 0 Å². The molecule has 6 nitrogen and oxygen atoms in total. The van der Waals surface area contributed by atoms with Crippen molar-refractivity contribution >= 4 is 28.9 Å². The quantitative estimate of drug-likeness (QED) is 0.534. The van der Waals surface area contributed by atoms with Crippen molar-refractivity contribution in [1.29, 1.82) is 0 Å². The molecule has 1 aromatic carbocycles. The number of nitro benzene ring substituents is 1. The first kappa shape index (κ1) is 14.9. The normalized spacial score (nSPS) is 10.2. The summed E-state index contributed by atoms with van der Waals surface area (Å²) in [7, 11) is 0. The Morgan fingerprint density at radius 1 is 1.33 bits per heavy atom. The lowest BCUT2D eigenvalue weighted by atomic mass is 10.1. The van der Waals surface area contributed by atoms with Crippen LogP contribution in [0.4, 0.5) is 11.4 Å². The summed E-state index contributed by atoms with van der Waals surface area (Å²) in [6, 6.07) is 6.04. The van der Waals surface area contributed by atoms with Crippen LogP contribution in [0, 0.1) is 24.0 Å². The van der Waals surface area contributed by atoms with Crippen molar-refractivity contribution in [3.8, 4) is 0 Å². The van der Waals surface area contributed by atoms with Crippen LogP contribution in [0.15, 0.2) is 30.5 Å². The largest absolute Gasteiger partial charge is 0.319 e. The van der Waals surface area contributed by atoms with E-state index in [4.69, 9.17) is 11.6 Å². The average Bonchev–Trinajstić information content (AvgIpc) is 2.42. The smallest absolute Gasteiger partial charge is 0.282 e. The number of carbonyl (C=O) groups is 1. The van der Waals surface area contributed by atoms with Gasteiger partial charge in [-0.05, 0) is 37.1 Å². The van der Waals surface area contributed by atoms with Crippen molar-refractivity contribution in [1.82, 2.24) is 4.98 Å². The molecule has 1 heterocycles. The molecule has 1 amide bonds. The van der Waals surface area contributed by atoms with Crippen molar-refractivity contribution in [3.63, 3.8) is 0 Å². The molecule has 0 spiro atoms. The minimum absolute atomic E-state index is 0.0145. The Bertz CT molecular complexity index is 711. The molecule has 2 aromatic rings. The predicted octanol–water partition coefficient (Wildman–Crippen LogP) is 3.51. The molecule has 0 radical (unpaired) electrons. The maximum absolute atomic E-state index is 12.3. The van der Waals surface area contributed by atoms with Crippen LogP contribution in [0.5, 0.6) is 0 Å². The van der Waals surface area contributed by atoms with Gasteiger partial charge in [0.25, 0.3) is 11.6 Å². The van der Waals surface area contributed by atoms with Gasteiger partial charge in [0.2, 0.25) is 0 Å². The van der Waals surface area contributed by atoms with Gasteiger partial charge >= 0.3 is 0 Å². The Morgan fingerprint density at radius 3 is 2.67 bits per heavy atom. The highest BCUT2D eigenvalue weighted by Crippen LogP contribution is 2.26. The first-order valence-corrected chi connectivity index (χ1v) is 6.45. The van der Waals surface area contributed by atoms with Gasteiger partial charge in [-0.3, -0.25) is 14.9 Å². The molecular weight excluding hydrogens is 294 g/mol. The van der Waals surface area contributed by atoms with Gasteiger partial charge < -0.3 is 5.32 Å². The van der Waals surface area contributed by atoms with Gasteiger partial charge in [0, 0.05) is 12.3 Å². The molecule has 0 aliphatic rings. The van der Waals surface area contributed by atoms with E-state index in [0.717, 1.165) is 11.1 Å². The number of amides is 1. The Labute approximate surface area is 125 Å². The van der Waals surface area contributed by atoms with E-state index in [-0.39, 0.29) is 16.4 Å². The Morgan fingerprint density at radius 2 is 2.05 bits per heavy atom. The molecule has 0 fully saturated rings. The summed E-state index contributed by atoms with van der Waals surface area (Å²) >= 11 is 5.93. The Hall–Kier alpha value is -2.47. The summed E-state index contributed by atoms with van der Waals surface area (Å²) in [5.74, 6) is -0.594. The highest BCUT2D eigenvalue weighted by atomic mass is 35.5. The molecule has 0 unspecified atom stereocenters. The monoisotopic (exact) mass is 305 g/mol. The van der Waals surface area contributed by atoms with Gasteiger partial charge in [-0.1, -0.05) is 17.7 Å². The molecule has 0 aliphatic heterocycles. The molecule has 2 rings (SSSR count). The zero-order valence-electron chi connectivity index (χ0n) is 11.4. The summed E-state index contributed by atoms with van der Waals surface area (Å²) in [6.45, 7) is 3.51. The van der Waals surface area contributed by atoms with Crippen molar-refractivity contribution in [2.24, 2.45) is 0 Å². The molecule has 0 atom stereocenters. The SMILES string of the molecule is Cc1ccc([N+](=O)[O-])c(C(=O)Nc2c(C)ccnc2Cl)c1. The van der Waals surface area contributed by atoms with Gasteiger partial charge in [-0.2, -0.15) is 0 Å². The van der Waals surface area contributed by atoms with Crippen LogP contribution in [0.2, 0.25) is 5.15 Å². The second-order valence-corrected chi connectivity index (χ2v) is 4.88. The zero-order valence-corrected chi connectivity index (χ0v) is 12.1. The minimum Gasteiger partial charge on any atom is -0.319 e. The molecule has 21 heavy (non-hydrogen) atoms. The van der Waals surface area contributed by atoms with Crippen LogP contribution in [0.25, 0.3) is 0 Å². The molecule has 7 heteroatoms. The third-order valence-corrected chi connectivity index (χ3v) is 3.23. The number of aryl methyl sites for hydroxylation is 2. The number of aromatic nitrogens is 1. The number of rotatable bonds is 3. The van der Waals surface area contributed by atoms with Crippen LogP contribution in [0.1, 0.15) is 21.5 Å². The second-order valence-electron chi connectivity index (χ2n) is 4.53. The molecular formula is C14H12ClN3O3. The van der Waals surface area contributed by atoms with E-state index in [1.807, 2.05) is 0 Å². The first-order chi connectivity index (χ1) is 9.90. The van der Waals surface area contributed by atoms with Crippen LogP contribution >= 0.6 is 11.6 Å². The van der Waals surface area contributed by atoms with E-state index in [1.54, 1.807) is 26.0 Å². The topological polar surface area (TPSA) is 85.1 Å². The summed E-state index contributed by atoms with van der Waals surface area (Å²) in [4.78, 5) is 26.6. The number of pyridine rings is 1.